The number of carbonyl (C=O) groups is 1. The van der Waals surface area contributed by atoms with Crippen molar-refractivity contribution in [3.63, 3.8) is 0 Å². The predicted molar refractivity (Wildman–Crippen MR) is 82.1 cm³/mol. The molecule has 19 heavy (non-hydrogen) atoms. The summed E-state index contributed by atoms with van der Waals surface area (Å²) in [5, 5.41) is 0. The van der Waals surface area contributed by atoms with E-state index in [0.29, 0.717) is 18.3 Å². The van der Waals surface area contributed by atoms with Gasteiger partial charge in [0, 0.05) is 6.42 Å². The lowest BCUT2D eigenvalue weighted by Gasteiger charge is -2.19. The van der Waals surface area contributed by atoms with Gasteiger partial charge in [-0.25, -0.2) is 0 Å². The molecule has 0 saturated carbocycles. The highest BCUT2D eigenvalue weighted by Gasteiger charge is 2.16. The van der Waals surface area contributed by atoms with Gasteiger partial charge in [0.25, 0.3) is 0 Å². The summed E-state index contributed by atoms with van der Waals surface area (Å²) >= 11 is 0. The maximum absolute atomic E-state index is 11.4. The molecule has 0 bridgehead atoms. The van der Waals surface area contributed by atoms with E-state index in [-0.39, 0.29) is 5.97 Å². The fourth-order valence-corrected chi connectivity index (χ4v) is 2.46. The van der Waals surface area contributed by atoms with E-state index in [4.69, 9.17) is 4.74 Å². The SMILES string of the molecule is CCCCC(CC(=O)OC)C[C@H](C)CCC=C(C)C. The second-order valence-electron chi connectivity index (χ2n) is 5.99. The zero-order chi connectivity index (χ0) is 14.7. The average Bonchev–Trinajstić information content (AvgIpc) is 2.35. The molecule has 0 amide bonds. The van der Waals surface area contributed by atoms with E-state index in [2.05, 4.69) is 33.8 Å². The smallest absolute Gasteiger partial charge is 0.305 e. The molecular formula is C17H32O2. The Morgan fingerprint density at radius 2 is 1.95 bits per heavy atom. The Bertz CT molecular complexity index is 264. The third-order valence-corrected chi connectivity index (χ3v) is 3.60. The van der Waals surface area contributed by atoms with E-state index in [1.54, 1.807) is 0 Å². The maximum atomic E-state index is 11.4. The second kappa shape index (κ2) is 11.1. The van der Waals surface area contributed by atoms with Crippen molar-refractivity contribution in [2.45, 2.75) is 72.6 Å². The predicted octanol–water partition coefficient (Wildman–Crippen LogP) is 5.13. The fraction of sp³-hybridized carbons (Fsp3) is 0.824. The molecule has 2 nitrogen and oxygen atoms in total. The molecular weight excluding hydrogens is 236 g/mol. The average molecular weight is 268 g/mol. The highest BCUT2D eigenvalue weighted by molar-refractivity contribution is 5.69. The Hall–Kier alpha value is -0.790. The quantitative estimate of drug-likeness (QED) is 0.405. The van der Waals surface area contributed by atoms with Gasteiger partial charge < -0.3 is 4.74 Å². The van der Waals surface area contributed by atoms with Crippen molar-refractivity contribution < 1.29 is 9.53 Å². The molecule has 0 aromatic rings. The summed E-state index contributed by atoms with van der Waals surface area (Å²) in [4.78, 5) is 11.4. The van der Waals surface area contributed by atoms with E-state index in [1.807, 2.05) is 0 Å². The standard InChI is InChI=1S/C17H32O2/c1-6-7-11-16(13-17(18)19-5)12-15(4)10-8-9-14(2)3/h9,15-16H,6-8,10-13H2,1-5H3/t15-,16?/m1/s1. The molecule has 0 heterocycles. The summed E-state index contributed by atoms with van der Waals surface area (Å²) < 4.78 is 4.81. The van der Waals surface area contributed by atoms with Crippen LogP contribution in [0.5, 0.6) is 0 Å². The van der Waals surface area contributed by atoms with Crippen LogP contribution in [-0.4, -0.2) is 13.1 Å². The number of esters is 1. The summed E-state index contributed by atoms with van der Waals surface area (Å²) in [5.74, 6) is 1.12. The summed E-state index contributed by atoms with van der Waals surface area (Å²) in [5.41, 5.74) is 1.39. The van der Waals surface area contributed by atoms with Gasteiger partial charge in [-0.1, -0.05) is 38.3 Å². The highest BCUT2D eigenvalue weighted by atomic mass is 16.5. The van der Waals surface area contributed by atoms with Gasteiger partial charge in [-0.3, -0.25) is 4.79 Å². The Morgan fingerprint density at radius 3 is 2.47 bits per heavy atom. The molecule has 0 spiro atoms. The van der Waals surface area contributed by atoms with Crippen molar-refractivity contribution in [1.29, 1.82) is 0 Å². The highest BCUT2D eigenvalue weighted by Crippen LogP contribution is 2.25. The topological polar surface area (TPSA) is 26.3 Å². The van der Waals surface area contributed by atoms with Gasteiger partial charge in [-0.05, 0) is 51.4 Å². The second-order valence-corrected chi connectivity index (χ2v) is 5.99. The minimum Gasteiger partial charge on any atom is -0.469 e. The number of unbranched alkanes of at least 4 members (excludes halogenated alkanes) is 1. The molecule has 0 rings (SSSR count). The van der Waals surface area contributed by atoms with Gasteiger partial charge >= 0.3 is 5.97 Å². The van der Waals surface area contributed by atoms with Crippen molar-refractivity contribution in [2.75, 3.05) is 7.11 Å². The molecule has 2 atom stereocenters. The maximum Gasteiger partial charge on any atom is 0.305 e. The van der Waals surface area contributed by atoms with Crippen molar-refractivity contribution in [2.24, 2.45) is 11.8 Å². The monoisotopic (exact) mass is 268 g/mol. The lowest BCUT2D eigenvalue weighted by atomic mass is 9.87. The fourth-order valence-electron chi connectivity index (χ4n) is 2.46. The lowest BCUT2D eigenvalue weighted by molar-refractivity contribution is -0.141. The number of hydrogen-bond acceptors (Lipinski definition) is 2. The molecule has 112 valence electrons. The summed E-state index contributed by atoms with van der Waals surface area (Å²) in [6.45, 7) is 8.79. The van der Waals surface area contributed by atoms with Crippen LogP contribution in [0.1, 0.15) is 72.6 Å². The van der Waals surface area contributed by atoms with Crippen LogP contribution in [0.15, 0.2) is 11.6 Å². The minimum atomic E-state index is -0.0578. The van der Waals surface area contributed by atoms with Crippen molar-refractivity contribution in [3.05, 3.63) is 11.6 Å². The number of methoxy groups -OCH3 is 1. The van der Waals surface area contributed by atoms with Crippen molar-refractivity contribution in [3.8, 4) is 0 Å². The van der Waals surface area contributed by atoms with Crippen molar-refractivity contribution >= 4 is 5.97 Å². The minimum absolute atomic E-state index is 0.0578. The number of allylic oxidation sites excluding steroid dienone is 2. The molecule has 0 aromatic heterocycles. The Kier molecular flexibility index (Phi) is 10.6. The molecule has 0 aliphatic carbocycles. The first kappa shape index (κ1) is 18.2. The van der Waals surface area contributed by atoms with Crippen LogP contribution in [0.25, 0.3) is 0 Å². The first-order valence-electron chi connectivity index (χ1n) is 7.69. The molecule has 0 aromatic carbocycles. The summed E-state index contributed by atoms with van der Waals surface area (Å²) in [7, 11) is 1.48. The van der Waals surface area contributed by atoms with E-state index in [0.717, 1.165) is 19.3 Å². The van der Waals surface area contributed by atoms with Crippen LogP contribution in [0.4, 0.5) is 0 Å². The third kappa shape index (κ3) is 10.8. The molecule has 0 fully saturated rings. The number of ether oxygens (including phenoxy) is 1. The Balaban J connectivity index is 4.13. The van der Waals surface area contributed by atoms with E-state index < -0.39 is 0 Å². The molecule has 0 aliphatic heterocycles. The van der Waals surface area contributed by atoms with Gasteiger partial charge in [0.2, 0.25) is 0 Å². The normalized spacial score (nSPS) is 13.7. The zero-order valence-corrected chi connectivity index (χ0v) is 13.5. The molecule has 0 N–H and O–H groups in total. The van der Waals surface area contributed by atoms with E-state index in [1.165, 1.54) is 31.9 Å². The van der Waals surface area contributed by atoms with Crippen LogP contribution < -0.4 is 0 Å². The third-order valence-electron chi connectivity index (χ3n) is 3.60. The Morgan fingerprint density at radius 1 is 1.26 bits per heavy atom. The summed E-state index contributed by atoms with van der Waals surface area (Å²) in [6, 6.07) is 0. The van der Waals surface area contributed by atoms with Crippen LogP contribution >= 0.6 is 0 Å². The molecule has 1 unspecified atom stereocenters. The zero-order valence-electron chi connectivity index (χ0n) is 13.5. The first-order chi connectivity index (χ1) is 8.99. The molecule has 0 aliphatic rings. The van der Waals surface area contributed by atoms with Crippen LogP contribution in [0, 0.1) is 11.8 Å². The number of carbonyl (C=O) groups excluding carboxylic acids is 1. The summed E-state index contributed by atoms with van der Waals surface area (Å²) in [6.07, 6.45) is 9.97. The van der Waals surface area contributed by atoms with E-state index in [9.17, 15) is 4.79 Å². The first-order valence-corrected chi connectivity index (χ1v) is 7.69. The van der Waals surface area contributed by atoms with Crippen molar-refractivity contribution in [1.82, 2.24) is 0 Å². The van der Waals surface area contributed by atoms with Crippen LogP contribution in [0.3, 0.4) is 0 Å². The molecule has 2 heteroatoms. The molecule has 0 saturated heterocycles. The van der Waals surface area contributed by atoms with Gasteiger partial charge in [0.1, 0.15) is 0 Å². The largest absolute Gasteiger partial charge is 0.469 e. The number of hydrogen-bond donors (Lipinski definition) is 0. The van der Waals surface area contributed by atoms with Gasteiger partial charge in [0.15, 0.2) is 0 Å². The van der Waals surface area contributed by atoms with E-state index >= 15 is 0 Å². The van der Waals surface area contributed by atoms with Crippen LogP contribution in [-0.2, 0) is 9.53 Å². The van der Waals surface area contributed by atoms with Gasteiger partial charge in [-0.2, -0.15) is 0 Å². The molecule has 0 radical (unpaired) electrons. The van der Waals surface area contributed by atoms with Crippen LogP contribution in [0.2, 0.25) is 0 Å². The number of rotatable bonds is 10. The lowest BCUT2D eigenvalue weighted by Crippen LogP contribution is -2.13. The van der Waals surface area contributed by atoms with Gasteiger partial charge in [0.05, 0.1) is 7.11 Å². The van der Waals surface area contributed by atoms with Gasteiger partial charge in [-0.15, -0.1) is 0 Å². The Labute approximate surface area is 119 Å².